The van der Waals surface area contributed by atoms with Gasteiger partial charge in [-0.15, -0.1) is 0 Å². The van der Waals surface area contributed by atoms with E-state index in [1.54, 1.807) is 0 Å². The summed E-state index contributed by atoms with van der Waals surface area (Å²) < 4.78 is 26.3. The highest BCUT2D eigenvalue weighted by atomic mass is 32.2. The molecule has 18 heavy (non-hydrogen) atoms. The summed E-state index contributed by atoms with van der Waals surface area (Å²) in [7, 11) is 0. The molecule has 2 aromatic rings. The van der Waals surface area contributed by atoms with Crippen LogP contribution in [0.15, 0.2) is 46.2 Å². The predicted molar refractivity (Wildman–Crippen MR) is 67.6 cm³/mol. The van der Waals surface area contributed by atoms with Gasteiger partial charge in [-0.1, -0.05) is 29.5 Å². The molecule has 2 aromatic carbocycles. The summed E-state index contributed by atoms with van der Waals surface area (Å²) in [5.74, 6) is -1.19. The molecule has 0 radical (unpaired) electrons. The van der Waals surface area contributed by atoms with Crippen LogP contribution in [-0.4, -0.2) is 5.11 Å². The number of rotatable bonds is 3. The minimum absolute atomic E-state index is 0.104. The van der Waals surface area contributed by atoms with E-state index < -0.39 is 11.6 Å². The van der Waals surface area contributed by atoms with Crippen LogP contribution < -0.4 is 0 Å². The van der Waals surface area contributed by atoms with E-state index in [1.165, 1.54) is 23.9 Å². The van der Waals surface area contributed by atoms with Crippen LogP contribution in [0.3, 0.4) is 0 Å². The average Bonchev–Trinajstić information content (AvgIpc) is 2.34. The Morgan fingerprint density at radius 3 is 2.44 bits per heavy atom. The van der Waals surface area contributed by atoms with Crippen molar-refractivity contribution in [2.24, 2.45) is 0 Å². The molecule has 0 spiro atoms. The summed E-state index contributed by atoms with van der Waals surface area (Å²) in [6, 6.07) is 9.05. The highest BCUT2D eigenvalue weighted by Crippen LogP contribution is 2.33. The number of aliphatic hydroxyl groups excluding tert-OH is 1. The van der Waals surface area contributed by atoms with Gasteiger partial charge in [-0.05, 0) is 30.7 Å². The van der Waals surface area contributed by atoms with Crippen molar-refractivity contribution in [2.45, 2.75) is 23.3 Å². The van der Waals surface area contributed by atoms with Crippen LogP contribution in [0, 0.1) is 18.6 Å². The molecule has 0 unspecified atom stereocenters. The van der Waals surface area contributed by atoms with Gasteiger partial charge < -0.3 is 5.11 Å². The minimum Gasteiger partial charge on any atom is -0.392 e. The Labute approximate surface area is 108 Å². The van der Waals surface area contributed by atoms with Crippen molar-refractivity contribution >= 4 is 11.8 Å². The summed E-state index contributed by atoms with van der Waals surface area (Å²) in [4.78, 5) is 1.11. The predicted octanol–water partition coefficient (Wildman–Crippen LogP) is 3.92. The molecule has 0 bridgehead atoms. The highest BCUT2D eigenvalue weighted by Gasteiger charge is 2.09. The molecule has 94 valence electrons. The number of halogens is 2. The van der Waals surface area contributed by atoms with Crippen molar-refractivity contribution < 1.29 is 13.9 Å². The van der Waals surface area contributed by atoms with E-state index in [-0.39, 0.29) is 6.61 Å². The van der Waals surface area contributed by atoms with Crippen LogP contribution in [0.1, 0.15) is 11.1 Å². The monoisotopic (exact) mass is 266 g/mol. The molecule has 0 fully saturated rings. The fourth-order valence-electron chi connectivity index (χ4n) is 1.61. The van der Waals surface area contributed by atoms with Crippen LogP contribution in [-0.2, 0) is 6.61 Å². The molecule has 0 heterocycles. The zero-order valence-electron chi connectivity index (χ0n) is 9.78. The van der Waals surface area contributed by atoms with Crippen molar-refractivity contribution in [3.8, 4) is 0 Å². The van der Waals surface area contributed by atoms with Crippen LogP contribution in [0.2, 0.25) is 0 Å². The summed E-state index contributed by atoms with van der Waals surface area (Å²) >= 11 is 1.18. The zero-order chi connectivity index (χ0) is 13.1. The third-order valence-electron chi connectivity index (χ3n) is 2.50. The lowest BCUT2D eigenvalue weighted by Gasteiger charge is -2.08. The van der Waals surface area contributed by atoms with Crippen LogP contribution in [0.4, 0.5) is 8.78 Å². The molecule has 0 aliphatic rings. The number of aliphatic hydroxyl groups is 1. The summed E-state index contributed by atoms with van der Waals surface area (Å²) in [5, 5.41) is 9.27. The van der Waals surface area contributed by atoms with E-state index in [0.29, 0.717) is 4.90 Å². The molecular weight excluding hydrogens is 254 g/mol. The number of hydrogen-bond donors (Lipinski definition) is 1. The van der Waals surface area contributed by atoms with E-state index in [0.717, 1.165) is 22.1 Å². The average molecular weight is 266 g/mol. The SMILES string of the molecule is Cc1ccc(Sc2ccc(F)cc2F)c(CO)c1. The molecule has 0 aliphatic carbocycles. The Bertz CT molecular complexity index is 570. The van der Waals surface area contributed by atoms with Gasteiger partial charge in [0.05, 0.1) is 6.61 Å². The molecule has 0 atom stereocenters. The highest BCUT2D eigenvalue weighted by molar-refractivity contribution is 7.99. The van der Waals surface area contributed by atoms with E-state index in [2.05, 4.69) is 0 Å². The lowest BCUT2D eigenvalue weighted by molar-refractivity contribution is 0.279. The normalized spacial score (nSPS) is 10.7. The van der Waals surface area contributed by atoms with Gasteiger partial charge in [-0.3, -0.25) is 0 Å². The maximum absolute atomic E-state index is 13.5. The summed E-state index contributed by atoms with van der Waals surface area (Å²) in [6.45, 7) is 1.82. The largest absolute Gasteiger partial charge is 0.392 e. The van der Waals surface area contributed by atoms with Crippen LogP contribution >= 0.6 is 11.8 Å². The Kier molecular flexibility index (Phi) is 3.99. The van der Waals surface area contributed by atoms with E-state index in [9.17, 15) is 13.9 Å². The molecule has 1 nitrogen and oxygen atoms in total. The second-order valence-corrected chi connectivity index (χ2v) is 5.03. The van der Waals surface area contributed by atoms with E-state index >= 15 is 0 Å². The number of hydrogen-bond acceptors (Lipinski definition) is 2. The van der Waals surface area contributed by atoms with Gasteiger partial charge in [-0.25, -0.2) is 8.78 Å². The van der Waals surface area contributed by atoms with E-state index in [1.807, 2.05) is 25.1 Å². The van der Waals surface area contributed by atoms with Gasteiger partial charge in [0.1, 0.15) is 11.6 Å². The summed E-state index contributed by atoms with van der Waals surface area (Å²) in [5.41, 5.74) is 1.77. The molecular formula is C14H12F2OS. The second-order valence-electron chi connectivity index (χ2n) is 3.95. The Hall–Kier alpha value is -1.39. The van der Waals surface area contributed by atoms with Gasteiger partial charge in [0.25, 0.3) is 0 Å². The maximum Gasteiger partial charge on any atom is 0.140 e. The van der Waals surface area contributed by atoms with Gasteiger partial charge in [0.2, 0.25) is 0 Å². The smallest absolute Gasteiger partial charge is 0.140 e. The second kappa shape index (κ2) is 5.50. The van der Waals surface area contributed by atoms with E-state index in [4.69, 9.17) is 0 Å². The zero-order valence-corrected chi connectivity index (χ0v) is 10.6. The standard InChI is InChI=1S/C14H12F2OS/c1-9-2-4-13(10(6-9)8-17)18-14-5-3-11(15)7-12(14)16/h2-7,17H,8H2,1H3. The van der Waals surface area contributed by atoms with Gasteiger partial charge in [0, 0.05) is 15.9 Å². The van der Waals surface area contributed by atoms with Crippen LogP contribution in [0.25, 0.3) is 0 Å². The van der Waals surface area contributed by atoms with Crippen molar-refractivity contribution in [2.75, 3.05) is 0 Å². The molecule has 2 rings (SSSR count). The first-order valence-electron chi connectivity index (χ1n) is 5.43. The van der Waals surface area contributed by atoms with Crippen molar-refractivity contribution in [3.05, 3.63) is 59.2 Å². The number of benzene rings is 2. The minimum atomic E-state index is -0.594. The molecule has 0 saturated carbocycles. The van der Waals surface area contributed by atoms with Crippen molar-refractivity contribution in [1.82, 2.24) is 0 Å². The first-order chi connectivity index (χ1) is 8.60. The van der Waals surface area contributed by atoms with Gasteiger partial charge in [0.15, 0.2) is 0 Å². The third kappa shape index (κ3) is 2.89. The van der Waals surface area contributed by atoms with Gasteiger partial charge in [-0.2, -0.15) is 0 Å². The Morgan fingerprint density at radius 1 is 1.06 bits per heavy atom. The fourth-order valence-corrected chi connectivity index (χ4v) is 2.53. The van der Waals surface area contributed by atoms with Crippen molar-refractivity contribution in [3.63, 3.8) is 0 Å². The first kappa shape index (κ1) is 13.1. The molecule has 0 aromatic heterocycles. The Morgan fingerprint density at radius 2 is 1.78 bits per heavy atom. The topological polar surface area (TPSA) is 20.2 Å². The molecule has 0 aliphatic heterocycles. The maximum atomic E-state index is 13.5. The molecule has 1 N–H and O–H groups in total. The van der Waals surface area contributed by atoms with Crippen LogP contribution in [0.5, 0.6) is 0 Å². The first-order valence-corrected chi connectivity index (χ1v) is 6.25. The third-order valence-corrected chi connectivity index (χ3v) is 3.67. The fraction of sp³-hybridized carbons (Fsp3) is 0.143. The molecule has 0 amide bonds. The van der Waals surface area contributed by atoms with Crippen molar-refractivity contribution in [1.29, 1.82) is 0 Å². The lowest BCUT2D eigenvalue weighted by atomic mass is 10.1. The lowest BCUT2D eigenvalue weighted by Crippen LogP contribution is -1.90. The summed E-state index contributed by atoms with van der Waals surface area (Å²) in [6.07, 6.45) is 0. The molecule has 4 heteroatoms. The quantitative estimate of drug-likeness (QED) is 0.908. The molecule has 0 saturated heterocycles. The van der Waals surface area contributed by atoms with Gasteiger partial charge >= 0.3 is 0 Å². The Balaban J connectivity index is 2.33. The number of aryl methyl sites for hydroxylation is 1.